The summed E-state index contributed by atoms with van der Waals surface area (Å²) >= 11 is 0. The molecule has 110 valence electrons. The summed E-state index contributed by atoms with van der Waals surface area (Å²) in [6.07, 6.45) is 2.74. The van der Waals surface area contributed by atoms with Crippen molar-refractivity contribution in [3.05, 3.63) is 23.8 Å². The molecule has 0 saturated heterocycles. The second kappa shape index (κ2) is 9.28. The lowest BCUT2D eigenvalue weighted by atomic mass is 10.0. The number of hydrogen-bond acceptors (Lipinski definition) is 3. The first kappa shape index (κ1) is 16.4. The van der Waals surface area contributed by atoms with Crippen LogP contribution in [0.3, 0.4) is 0 Å². The van der Waals surface area contributed by atoms with E-state index < -0.39 is 0 Å². The highest BCUT2D eigenvalue weighted by Gasteiger charge is 2.09. The van der Waals surface area contributed by atoms with E-state index in [4.69, 9.17) is 15.2 Å². The minimum Gasteiger partial charge on any atom is -0.493 e. The molecule has 3 nitrogen and oxygen atoms in total. The molecule has 0 radical (unpaired) electrons. The molecule has 0 saturated carbocycles. The van der Waals surface area contributed by atoms with Gasteiger partial charge in [0, 0.05) is 12.1 Å². The fourth-order valence-corrected chi connectivity index (χ4v) is 1.76. The summed E-state index contributed by atoms with van der Waals surface area (Å²) < 4.78 is 11.4. The van der Waals surface area contributed by atoms with E-state index in [0.717, 1.165) is 36.3 Å². The smallest absolute Gasteiger partial charge is 0.149 e. The number of rotatable bonds is 8. The highest BCUT2D eigenvalue weighted by atomic mass is 16.5. The van der Waals surface area contributed by atoms with Crippen LogP contribution in [0.1, 0.15) is 39.2 Å². The standard InChI is InChI=1S/C17H25NO2/c1-4-7-11-20-17-13-16(19-10-5-2)9-8-14(17)12-15(18)6-3/h8-9,13,15H,5-6,10-12,18H2,1-3H3. The largest absolute Gasteiger partial charge is 0.493 e. The van der Waals surface area contributed by atoms with Gasteiger partial charge in [-0.25, -0.2) is 0 Å². The van der Waals surface area contributed by atoms with Crippen LogP contribution in [0.25, 0.3) is 0 Å². The number of nitrogens with two attached hydrogens (primary N) is 1. The van der Waals surface area contributed by atoms with Crippen molar-refractivity contribution in [2.45, 2.75) is 46.1 Å². The van der Waals surface area contributed by atoms with Crippen molar-refractivity contribution in [2.75, 3.05) is 13.2 Å². The maximum Gasteiger partial charge on any atom is 0.149 e. The highest BCUT2D eigenvalue weighted by molar-refractivity contribution is 5.41. The zero-order valence-electron chi connectivity index (χ0n) is 12.7. The average Bonchev–Trinajstić information content (AvgIpc) is 2.47. The molecule has 1 aromatic rings. The van der Waals surface area contributed by atoms with Crippen LogP contribution in [0.5, 0.6) is 11.5 Å². The first-order valence-electron chi connectivity index (χ1n) is 7.24. The Bertz CT molecular complexity index is 460. The molecule has 0 aliphatic heterocycles. The Morgan fingerprint density at radius 3 is 2.70 bits per heavy atom. The van der Waals surface area contributed by atoms with Crippen molar-refractivity contribution in [3.8, 4) is 23.3 Å². The molecule has 2 N–H and O–H groups in total. The molecule has 0 aliphatic rings. The topological polar surface area (TPSA) is 44.5 Å². The Balaban J connectivity index is 2.86. The lowest BCUT2D eigenvalue weighted by Crippen LogP contribution is -2.21. The van der Waals surface area contributed by atoms with E-state index in [9.17, 15) is 0 Å². The van der Waals surface area contributed by atoms with Gasteiger partial charge in [0.25, 0.3) is 0 Å². The van der Waals surface area contributed by atoms with Crippen molar-refractivity contribution >= 4 is 0 Å². The Morgan fingerprint density at radius 2 is 2.05 bits per heavy atom. The molecule has 1 aromatic carbocycles. The van der Waals surface area contributed by atoms with Crippen molar-refractivity contribution in [1.29, 1.82) is 0 Å². The lowest BCUT2D eigenvalue weighted by Gasteiger charge is -2.15. The van der Waals surface area contributed by atoms with Crippen LogP contribution in [0.4, 0.5) is 0 Å². The zero-order chi connectivity index (χ0) is 14.8. The molecular formula is C17H25NO2. The van der Waals surface area contributed by atoms with Crippen LogP contribution in [0.2, 0.25) is 0 Å². The minimum absolute atomic E-state index is 0.150. The average molecular weight is 275 g/mol. The first-order valence-corrected chi connectivity index (χ1v) is 7.24. The van der Waals surface area contributed by atoms with Gasteiger partial charge >= 0.3 is 0 Å². The summed E-state index contributed by atoms with van der Waals surface area (Å²) in [4.78, 5) is 0. The Kier molecular flexibility index (Phi) is 7.60. The van der Waals surface area contributed by atoms with Crippen LogP contribution >= 0.6 is 0 Å². The van der Waals surface area contributed by atoms with E-state index in [2.05, 4.69) is 25.7 Å². The van der Waals surface area contributed by atoms with E-state index in [1.807, 2.05) is 18.2 Å². The van der Waals surface area contributed by atoms with Crippen molar-refractivity contribution in [1.82, 2.24) is 0 Å². The molecule has 0 fully saturated rings. The van der Waals surface area contributed by atoms with Crippen LogP contribution < -0.4 is 15.2 Å². The monoisotopic (exact) mass is 275 g/mol. The van der Waals surface area contributed by atoms with E-state index in [0.29, 0.717) is 13.2 Å². The second-order valence-electron chi connectivity index (χ2n) is 4.71. The molecule has 3 heteroatoms. The van der Waals surface area contributed by atoms with Crippen molar-refractivity contribution in [2.24, 2.45) is 5.73 Å². The zero-order valence-corrected chi connectivity index (χ0v) is 12.7. The normalized spacial score (nSPS) is 11.4. The van der Waals surface area contributed by atoms with Gasteiger partial charge in [0.15, 0.2) is 0 Å². The van der Waals surface area contributed by atoms with Gasteiger partial charge in [-0.1, -0.05) is 25.8 Å². The Morgan fingerprint density at radius 1 is 1.25 bits per heavy atom. The molecule has 0 heterocycles. The van der Waals surface area contributed by atoms with E-state index >= 15 is 0 Å². The molecule has 0 bridgehead atoms. The number of hydrogen-bond donors (Lipinski definition) is 1. The highest BCUT2D eigenvalue weighted by Crippen LogP contribution is 2.26. The third-order valence-corrected chi connectivity index (χ3v) is 2.99. The predicted molar refractivity (Wildman–Crippen MR) is 83.1 cm³/mol. The maximum atomic E-state index is 6.03. The Hall–Kier alpha value is -1.66. The van der Waals surface area contributed by atoms with Gasteiger partial charge in [-0.05, 0) is 37.8 Å². The quantitative estimate of drug-likeness (QED) is 0.741. The fraction of sp³-hybridized carbons (Fsp3) is 0.529. The molecule has 0 amide bonds. The van der Waals surface area contributed by atoms with Crippen LogP contribution in [0, 0.1) is 11.8 Å². The van der Waals surface area contributed by atoms with Gasteiger partial charge in [0.1, 0.15) is 18.1 Å². The molecule has 0 spiro atoms. The van der Waals surface area contributed by atoms with Gasteiger partial charge in [0.05, 0.1) is 6.61 Å². The summed E-state index contributed by atoms with van der Waals surface area (Å²) in [5.41, 5.74) is 7.14. The summed E-state index contributed by atoms with van der Waals surface area (Å²) in [5, 5.41) is 0. The van der Waals surface area contributed by atoms with E-state index in [1.165, 1.54) is 0 Å². The number of ether oxygens (including phenoxy) is 2. The molecule has 1 rings (SSSR count). The summed E-state index contributed by atoms with van der Waals surface area (Å²) in [7, 11) is 0. The van der Waals surface area contributed by atoms with Crippen LogP contribution in [-0.2, 0) is 6.42 Å². The first-order chi connectivity index (χ1) is 9.71. The SMILES string of the molecule is CC#CCOc1cc(OCCC)ccc1CC(N)CC. The minimum atomic E-state index is 0.150. The third-order valence-electron chi connectivity index (χ3n) is 2.99. The van der Waals surface area contributed by atoms with Crippen LogP contribution in [0.15, 0.2) is 18.2 Å². The van der Waals surface area contributed by atoms with Gasteiger partial charge < -0.3 is 15.2 Å². The van der Waals surface area contributed by atoms with Gasteiger partial charge in [-0.3, -0.25) is 0 Å². The maximum absolute atomic E-state index is 6.03. The van der Waals surface area contributed by atoms with Crippen molar-refractivity contribution < 1.29 is 9.47 Å². The lowest BCUT2D eigenvalue weighted by molar-refractivity contribution is 0.312. The molecule has 1 atom stereocenters. The second-order valence-corrected chi connectivity index (χ2v) is 4.71. The molecule has 0 aliphatic carbocycles. The van der Waals surface area contributed by atoms with Gasteiger partial charge in [0.2, 0.25) is 0 Å². The number of benzene rings is 1. The molecule has 0 aromatic heterocycles. The van der Waals surface area contributed by atoms with Gasteiger partial charge in [-0.2, -0.15) is 0 Å². The van der Waals surface area contributed by atoms with Crippen molar-refractivity contribution in [3.63, 3.8) is 0 Å². The van der Waals surface area contributed by atoms with E-state index in [-0.39, 0.29) is 6.04 Å². The molecule has 1 unspecified atom stereocenters. The molecular weight excluding hydrogens is 250 g/mol. The van der Waals surface area contributed by atoms with E-state index in [1.54, 1.807) is 6.92 Å². The fourth-order valence-electron chi connectivity index (χ4n) is 1.76. The summed E-state index contributed by atoms with van der Waals surface area (Å²) in [6, 6.07) is 6.10. The van der Waals surface area contributed by atoms with Crippen LogP contribution in [-0.4, -0.2) is 19.3 Å². The Labute approximate surface area is 122 Å². The third kappa shape index (κ3) is 5.54. The summed E-state index contributed by atoms with van der Waals surface area (Å²) in [6.45, 7) is 7.08. The molecule has 20 heavy (non-hydrogen) atoms. The van der Waals surface area contributed by atoms with Gasteiger partial charge in [-0.15, -0.1) is 5.92 Å². The summed E-state index contributed by atoms with van der Waals surface area (Å²) in [5.74, 6) is 7.39. The predicted octanol–water partition coefficient (Wildman–Crippen LogP) is 3.16.